The van der Waals surface area contributed by atoms with Crippen molar-refractivity contribution >= 4 is 23.2 Å². The molecule has 0 aliphatic rings. The van der Waals surface area contributed by atoms with Gasteiger partial charge in [0.1, 0.15) is 0 Å². The van der Waals surface area contributed by atoms with Gasteiger partial charge in [-0.2, -0.15) is 0 Å². The molecule has 0 amide bonds. The fourth-order valence-electron chi connectivity index (χ4n) is 5.44. The van der Waals surface area contributed by atoms with E-state index in [1.165, 1.54) is 0 Å². The molecule has 0 unspecified atom stereocenters. The van der Waals surface area contributed by atoms with E-state index >= 15 is 0 Å². The van der Waals surface area contributed by atoms with Crippen molar-refractivity contribution in [2.75, 3.05) is 35.1 Å². The average molecular weight is 517 g/mol. The number of benzene rings is 3. The number of aliphatic hydroxyl groups is 3. The molecule has 196 valence electrons. The second kappa shape index (κ2) is 11.5. The third-order valence-corrected chi connectivity index (χ3v) is 11.5. The average Bonchev–Trinajstić information content (AvgIpc) is 2.90. The molecule has 0 spiro atoms. The van der Waals surface area contributed by atoms with Gasteiger partial charge in [-0.3, -0.25) is 0 Å². The van der Waals surface area contributed by atoms with Gasteiger partial charge in [0, 0.05) is 0 Å². The summed E-state index contributed by atoms with van der Waals surface area (Å²) in [5.41, 5.74) is 4.13. The molecular weight excluding hydrogens is 479 g/mol. The molecule has 7 nitrogen and oxygen atoms in total. The first-order chi connectivity index (χ1) is 17.2. The van der Waals surface area contributed by atoms with Crippen LogP contribution in [-0.4, -0.2) is 50.4 Å². The first-order valence-electron chi connectivity index (χ1n) is 11.7. The van der Waals surface area contributed by atoms with Crippen molar-refractivity contribution in [2.45, 2.75) is 33.7 Å². The van der Waals surface area contributed by atoms with Crippen LogP contribution in [0.2, 0.25) is 0 Å². The van der Waals surface area contributed by atoms with E-state index < -0.39 is 7.26 Å². The van der Waals surface area contributed by atoms with E-state index in [4.69, 9.17) is 18.9 Å². The van der Waals surface area contributed by atoms with Crippen molar-refractivity contribution in [2.24, 2.45) is 0 Å². The zero-order chi connectivity index (χ0) is 26.6. The zero-order valence-electron chi connectivity index (χ0n) is 22.1. The molecule has 0 atom stereocenters. The summed E-state index contributed by atoms with van der Waals surface area (Å²) in [6, 6.07) is 11.3. The summed E-state index contributed by atoms with van der Waals surface area (Å²) in [5, 5.41) is 33.6. The first kappa shape index (κ1) is 27.8. The third-order valence-electron chi connectivity index (χ3n) is 6.76. The van der Waals surface area contributed by atoms with Crippen LogP contribution in [0.4, 0.5) is 0 Å². The third kappa shape index (κ3) is 4.76. The number of hydrogen-bond acceptors (Lipinski definition) is 7. The Morgan fingerprint density at radius 1 is 0.611 bits per heavy atom. The molecule has 0 aliphatic heterocycles. The molecule has 0 fully saturated rings. The Hall–Kier alpha value is -2.83. The Kier molecular flexibility index (Phi) is 8.85. The van der Waals surface area contributed by atoms with Crippen LogP contribution in [-0.2, 0) is 19.8 Å². The van der Waals surface area contributed by atoms with Gasteiger partial charge in [0.25, 0.3) is 0 Å². The Morgan fingerprint density at radius 3 is 1.61 bits per heavy atom. The van der Waals surface area contributed by atoms with Gasteiger partial charge in [-0.25, -0.2) is 0 Å². The Labute approximate surface area is 213 Å². The number of ether oxygens (including phenoxy) is 4. The van der Waals surface area contributed by atoms with Crippen molar-refractivity contribution < 1.29 is 34.3 Å². The zero-order valence-corrected chi connectivity index (χ0v) is 23.1. The summed E-state index contributed by atoms with van der Waals surface area (Å²) in [4.78, 5) is 0. The van der Waals surface area contributed by atoms with Crippen molar-refractivity contribution in [3.05, 3.63) is 64.2 Å². The molecule has 0 aliphatic carbocycles. The van der Waals surface area contributed by atoms with E-state index in [0.717, 1.165) is 32.6 Å². The van der Waals surface area contributed by atoms with Gasteiger partial charge < -0.3 is 0 Å². The van der Waals surface area contributed by atoms with Crippen LogP contribution in [0.5, 0.6) is 23.0 Å². The minimum absolute atomic E-state index is 0.160. The van der Waals surface area contributed by atoms with Crippen LogP contribution in [0.1, 0.15) is 27.8 Å². The maximum absolute atomic E-state index is 10.6. The maximum atomic E-state index is 10.6. The molecule has 3 aromatic carbocycles. The number of aliphatic hydroxyl groups excluding tert-OH is 3. The fourth-order valence-corrected chi connectivity index (χ4v) is 10.6. The molecule has 8 heteroatoms. The van der Waals surface area contributed by atoms with E-state index in [-0.39, 0.29) is 19.8 Å². The normalized spacial score (nSPS) is 11.8. The molecule has 3 rings (SSSR count). The number of rotatable bonds is 10. The second-order valence-corrected chi connectivity index (χ2v) is 12.7. The van der Waals surface area contributed by atoms with E-state index in [1.54, 1.807) is 40.6 Å². The molecule has 0 bridgehead atoms. The Morgan fingerprint density at radius 2 is 1.14 bits per heavy atom. The van der Waals surface area contributed by atoms with Gasteiger partial charge in [0.05, 0.1) is 0 Å². The van der Waals surface area contributed by atoms with E-state index in [0.29, 0.717) is 34.1 Å². The summed E-state index contributed by atoms with van der Waals surface area (Å²) in [7, 11) is 3.15. The molecule has 36 heavy (non-hydrogen) atoms. The van der Waals surface area contributed by atoms with Crippen molar-refractivity contribution in [1.29, 1.82) is 0 Å². The Balaban J connectivity index is 2.66. The molecule has 3 N–H and O–H groups in total. The molecular formula is C28H37O7P. The van der Waals surface area contributed by atoms with Gasteiger partial charge in [-0.1, -0.05) is 0 Å². The van der Waals surface area contributed by atoms with Crippen LogP contribution in [0.15, 0.2) is 36.4 Å². The molecule has 0 aromatic heterocycles. The van der Waals surface area contributed by atoms with Gasteiger partial charge in [0.2, 0.25) is 0 Å². The minimum atomic E-state index is -3.18. The van der Waals surface area contributed by atoms with Crippen LogP contribution >= 0.6 is 7.26 Å². The standard InChI is InChI=1S/C28H37O7P/c1-17-8-18(2)26(20(9-17)15-30)36(7,27-21(16-31)12-22(32-3)13-25(27)35-6)28-23(33-4)10-19(14-29)11-24(28)34-5/h8-13,29-31,36H,14-16H2,1-7H3. The van der Waals surface area contributed by atoms with Gasteiger partial charge in [0.15, 0.2) is 0 Å². The quantitative estimate of drug-likeness (QED) is 0.356. The van der Waals surface area contributed by atoms with Gasteiger partial charge in [-0.05, 0) is 0 Å². The topological polar surface area (TPSA) is 97.6 Å². The predicted molar refractivity (Wildman–Crippen MR) is 146 cm³/mol. The SMILES string of the molecule is COc1cc(CO)c([PH](C)(c2c(C)cc(C)cc2CO)c2c(OC)cc(CO)cc2OC)c(OC)c1. The number of aryl methyl sites for hydroxylation is 2. The number of hydrogen-bond donors (Lipinski definition) is 3. The first-order valence-corrected chi connectivity index (χ1v) is 14.2. The summed E-state index contributed by atoms with van der Waals surface area (Å²) >= 11 is 0. The van der Waals surface area contributed by atoms with E-state index in [2.05, 4.69) is 12.7 Å². The summed E-state index contributed by atoms with van der Waals surface area (Å²) in [6.45, 7) is 5.59. The van der Waals surface area contributed by atoms with Gasteiger partial charge in [-0.15, -0.1) is 0 Å². The Bertz CT molecular complexity index is 1130. The second-order valence-electron chi connectivity index (χ2n) is 8.95. The fraction of sp³-hybridized carbons (Fsp3) is 0.357. The molecule has 0 saturated heterocycles. The summed E-state index contributed by atoms with van der Waals surface area (Å²) in [6.07, 6.45) is 0. The monoisotopic (exact) mass is 516 g/mol. The molecule has 0 saturated carbocycles. The van der Waals surface area contributed by atoms with Crippen LogP contribution < -0.4 is 34.9 Å². The molecule has 3 aromatic rings. The van der Waals surface area contributed by atoms with Crippen molar-refractivity contribution in [3.63, 3.8) is 0 Å². The van der Waals surface area contributed by atoms with E-state index in [1.807, 2.05) is 32.0 Å². The van der Waals surface area contributed by atoms with Crippen LogP contribution in [0.3, 0.4) is 0 Å². The van der Waals surface area contributed by atoms with Crippen molar-refractivity contribution in [1.82, 2.24) is 0 Å². The number of methoxy groups -OCH3 is 4. The van der Waals surface area contributed by atoms with Crippen molar-refractivity contribution in [3.8, 4) is 23.0 Å². The van der Waals surface area contributed by atoms with Crippen LogP contribution in [0, 0.1) is 13.8 Å². The molecule has 0 heterocycles. The summed E-state index contributed by atoms with van der Waals surface area (Å²) in [5.74, 6) is 2.23. The van der Waals surface area contributed by atoms with Crippen LogP contribution in [0.25, 0.3) is 0 Å². The summed E-state index contributed by atoms with van der Waals surface area (Å²) < 4.78 is 23.2. The predicted octanol–water partition coefficient (Wildman–Crippen LogP) is 2.47. The molecule has 0 radical (unpaired) electrons. The van der Waals surface area contributed by atoms with E-state index in [9.17, 15) is 15.3 Å². The van der Waals surface area contributed by atoms with Gasteiger partial charge >= 0.3 is 213 Å².